The number of anilines is 1. The molecule has 1 saturated heterocycles. The Kier molecular flexibility index (Phi) is 8.50. The number of halogens is 2. The van der Waals surface area contributed by atoms with Gasteiger partial charge in [0.25, 0.3) is 0 Å². The Bertz CT molecular complexity index is 1100. The van der Waals surface area contributed by atoms with Gasteiger partial charge in [-0.05, 0) is 37.0 Å². The normalized spacial score (nSPS) is 15.8. The van der Waals surface area contributed by atoms with Crippen molar-refractivity contribution in [3.05, 3.63) is 65.5 Å². The third-order valence-electron chi connectivity index (χ3n) is 5.36. The van der Waals surface area contributed by atoms with Crippen LogP contribution in [-0.2, 0) is 16.1 Å². The van der Waals surface area contributed by atoms with Crippen LogP contribution >= 0.6 is 0 Å². The summed E-state index contributed by atoms with van der Waals surface area (Å²) in [5.74, 6) is 3.58. The van der Waals surface area contributed by atoms with E-state index in [1.807, 2.05) is 11.9 Å². The van der Waals surface area contributed by atoms with Crippen molar-refractivity contribution in [2.75, 3.05) is 31.6 Å². The molecule has 0 spiro atoms. The molecule has 0 unspecified atom stereocenters. The Morgan fingerprint density at radius 3 is 2.54 bits per heavy atom. The van der Waals surface area contributed by atoms with Gasteiger partial charge in [-0.2, -0.15) is 0 Å². The van der Waals surface area contributed by atoms with Crippen LogP contribution < -0.4 is 21.5 Å². The van der Waals surface area contributed by atoms with E-state index in [1.165, 1.54) is 13.1 Å². The summed E-state index contributed by atoms with van der Waals surface area (Å²) in [5.41, 5.74) is 4.40. The van der Waals surface area contributed by atoms with Gasteiger partial charge in [0, 0.05) is 26.2 Å². The number of carbonyl (C=O) groups excluding carboxylic acids is 2. The quantitative estimate of drug-likeness (QED) is 0.270. The Balaban J connectivity index is 1.72. The minimum absolute atomic E-state index is 0.0451. The van der Waals surface area contributed by atoms with Gasteiger partial charge in [0.05, 0.1) is 30.0 Å². The molecule has 2 aromatic carbocycles. The maximum absolute atomic E-state index is 15.0. The fourth-order valence-corrected chi connectivity index (χ4v) is 3.76. The predicted octanol–water partition coefficient (Wildman–Crippen LogP) is 2.53. The van der Waals surface area contributed by atoms with Gasteiger partial charge in [0.15, 0.2) is 0 Å². The number of hydrazine groups is 1. The molecular formula is C24H28F2N6O3. The Hall–Kier alpha value is -3.83. The molecule has 2 amide bonds. The largest absolute Gasteiger partial charge is 0.442 e. The summed E-state index contributed by atoms with van der Waals surface area (Å²) in [6, 6.07) is 9.05. The maximum atomic E-state index is 15.0. The van der Waals surface area contributed by atoms with Crippen molar-refractivity contribution in [3.63, 3.8) is 0 Å². The van der Waals surface area contributed by atoms with E-state index in [2.05, 4.69) is 22.5 Å². The fraction of sp³-hybridized carbons (Fsp3) is 0.292. The molecule has 0 radical (unpaired) electrons. The van der Waals surface area contributed by atoms with E-state index in [-0.39, 0.29) is 30.2 Å². The first-order chi connectivity index (χ1) is 16.7. The minimum Gasteiger partial charge on any atom is -0.442 e. The topological polar surface area (TPSA) is 112 Å². The van der Waals surface area contributed by atoms with Crippen molar-refractivity contribution in [2.45, 2.75) is 19.6 Å². The van der Waals surface area contributed by atoms with E-state index in [9.17, 15) is 18.4 Å². The number of carbonyl (C=O) groups is 2. The monoisotopic (exact) mass is 486 g/mol. The number of rotatable bonds is 10. The van der Waals surface area contributed by atoms with Crippen molar-refractivity contribution < 1.29 is 23.1 Å². The van der Waals surface area contributed by atoms with E-state index < -0.39 is 23.8 Å². The van der Waals surface area contributed by atoms with Gasteiger partial charge >= 0.3 is 6.09 Å². The van der Waals surface area contributed by atoms with Crippen molar-refractivity contribution in [2.24, 2.45) is 10.8 Å². The molecule has 4 N–H and O–H groups in total. The van der Waals surface area contributed by atoms with E-state index in [0.717, 1.165) is 22.6 Å². The van der Waals surface area contributed by atoms with Gasteiger partial charge in [-0.25, -0.2) is 13.6 Å². The second-order valence-corrected chi connectivity index (χ2v) is 8.19. The van der Waals surface area contributed by atoms with E-state index >= 15 is 0 Å². The number of nitrogens with two attached hydrogens (primary N) is 1. The van der Waals surface area contributed by atoms with Crippen molar-refractivity contribution in [1.29, 1.82) is 0 Å². The highest BCUT2D eigenvalue weighted by molar-refractivity contribution is 5.90. The van der Waals surface area contributed by atoms with Crippen LogP contribution in [0.4, 0.5) is 19.3 Å². The first kappa shape index (κ1) is 25.8. The molecule has 9 nitrogen and oxygen atoms in total. The number of hydrogen-bond acceptors (Lipinski definition) is 7. The number of aliphatic imine (C=N–C) groups is 1. The molecule has 35 heavy (non-hydrogen) atoms. The molecule has 0 bridgehead atoms. The summed E-state index contributed by atoms with van der Waals surface area (Å²) in [4.78, 5) is 30.1. The molecule has 186 valence electrons. The highest BCUT2D eigenvalue weighted by Crippen LogP contribution is 2.32. The fourth-order valence-electron chi connectivity index (χ4n) is 3.76. The highest BCUT2D eigenvalue weighted by atomic mass is 19.1. The first-order valence-corrected chi connectivity index (χ1v) is 10.8. The second kappa shape index (κ2) is 11.5. The summed E-state index contributed by atoms with van der Waals surface area (Å²) in [5, 5.41) is 2.56. The summed E-state index contributed by atoms with van der Waals surface area (Å²) in [6.07, 6.45) is 0.190. The number of cyclic esters (lactones) is 1. The minimum atomic E-state index is -0.802. The standard InChI is InChI=1S/C24H28F2N6O3/c1-15(33)29-11-20-14-32(24(34)35-20)19-8-21(25)23(22(26)9-19)17-6-4-16(5-7-17)12-31(3)13-18(30-27)10-28-2/h4-10,20,30H,2,11-14,27H2,1,3H3,(H,29,33)/b18-10-/t20-/m0/s1. The van der Waals surface area contributed by atoms with E-state index in [4.69, 9.17) is 10.6 Å². The lowest BCUT2D eigenvalue weighted by molar-refractivity contribution is -0.119. The summed E-state index contributed by atoms with van der Waals surface area (Å²) >= 11 is 0. The zero-order chi connectivity index (χ0) is 25.5. The molecule has 1 atom stereocenters. The van der Waals surface area contributed by atoms with Crippen LogP contribution in [0.25, 0.3) is 11.1 Å². The van der Waals surface area contributed by atoms with Crippen molar-refractivity contribution in [3.8, 4) is 11.1 Å². The zero-order valence-corrected chi connectivity index (χ0v) is 19.6. The molecule has 0 saturated carbocycles. The van der Waals surface area contributed by atoms with E-state index in [1.54, 1.807) is 24.3 Å². The average Bonchev–Trinajstić information content (AvgIpc) is 3.18. The average molecular weight is 487 g/mol. The number of hydrogen-bond donors (Lipinski definition) is 3. The van der Waals surface area contributed by atoms with Gasteiger partial charge in [-0.1, -0.05) is 24.3 Å². The number of benzene rings is 2. The molecule has 1 aliphatic rings. The van der Waals surface area contributed by atoms with Crippen LogP contribution in [0.3, 0.4) is 0 Å². The third-order valence-corrected chi connectivity index (χ3v) is 5.36. The molecule has 3 rings (SSSR count). The van der Waals surface area contributed by atoms with Crippen LogP contribution in [0.5, 0.6) is 0 Å². The van der Waals surface area contributed by atoms with Gasteiger partial charge in [0.2, 0.25) is 5.91 Å². The molecule has 0 aliphatic carbocycles. The third kappa shape index (κ3) is 6.61. The summed E-state index contributed by atoms with van der Waals surface area (Å²) in [7, 11) is 1.89. The molecule has 1 heterocycles. The first-order valence-electron chi connectivity index (χ1n) is 10.8. The number of likely N-dealkylation sites (N-methyl/N-ethyl adjacent to an activating group) is 1. The van der Waals surface area contributed by atoms with Crippen LogP contribution in [-0.4, -0.2) is 56.4 Å². The lowest BCUT2D eigenvalue weighted by atomic mass is 10.0. The SMILES string of the molecule is C=N/C=C(/CN(C)Cc1ccc(-c2c(F)cc(N3C[C@H](CNC(C)=O)OC3=O)cc2F)cc1)NN. The predicted molar refractivity (Wildman–Crippen MR) is 129 cm³/mol. The van der Waals surface area contributed by atoms with Crippen LogP contribution in [0.15, 0.2) is 53.3 Å². The van der Waals surface area contributed by atoms with Crippen LogP contribution in [0.2, 0.25) is 0 Å². The number of nitrogens with one attached hydrogen (secondary N) is 2. The maximum Gasteiger partial charge on any atom is 0.414 e. The molecule has 2 aromatic rings. The molecule has 0 aromatic heterocycles. The van der Waals surface area contributed by atoms with Crippen molar-refractivity contribution in [1.82, 2.24) is 15.6 Å². The zero-order valence-electron chi connectivity index (χ0n) is 19.6. The number of nitrogens with zero attached hydrogens (tertiary/aromatic N) is 3. The highest BCUT2D eigenvalue weighted by Gasteiger charge is 2.33. The van der Waals surface area contributed by atoms with Gasteiger partial charge < -0.3 is 15.5 Å². The summed E-state index contributed by atoms with van der Waals surface area (Å²) in [6.45, 7) is 6.00. The Labute approximate surface area is 202 Å². The van der Waals surface area contributed by atoms with Gasteiger partial charge in [-0.15, -0.1) is 0 Å². The lowest BCUT2D eigenvalue weighted by Gasteiger charge is -2.18. The summed E-state index contributed by atoms with van der Waals surface area (Å²) < 4.78 is 35.1. The second-order valence-electron chi connectivity index (χ2n) is 8.19. The molecule has 11 heteroatoms. The number of amides is 2. The Morgan fingerprint density at radius 2 is 1.97 bits per heavy atom. The lowest BCUT2D eigenvalue weighted by Crippen LogP contribution is -2.33. The van der Waals surface area contributed by atoms with Crippen LogP contribution in [0.1, 0.15) is 12.5 Å². The van der Waals surface area contributed by atoms with Crippen LogP contribution in [0, 0.1) is 11.6 Å². The van der Waals surface area contributed by atoms with Gasteiger partial charge in [-0.3, -0.25) is 25.4 Å². The van der Waals surface area contributed by atoms with E-state index in [0.29, 0.717) is 24.4 Å². The Morgan fingerprint density at radius 1 is 1.31 bits per heavy atom. The van der Waals surface area contributed by atoms with Crippen molar-refractivity contribution >= 4 is 24.4 Å². The van der Waals surface area contributed by atoms with Gasteiger partial charge in [0.1, 0.15) is 17.7 Å². The molecular weight excluding hydrogens is 458 g/mol. The smallest absolute Gasteiger partial charge is 0.414 e. The molecule has 1 aliphatic heterocycles. The molecule has 1 fully saturated rings. The number of ether oxygens (including phenoxy) is 1.